The van der Waals surface area contributed by atoms with Gasteiger partial charge in [-0.15, -0.1) is 0 Å². The summed E-state index contributed by atoms with van der Waals surface area (Å²) in [7, 11) is 0. The lowest BCUT2D eigenvalue weighted by Gasteiger charge is -2.07. The van der Waals surface area contributed by atoms with Crippen LogP contribution < -0.4 is 14.9 Å². The Morgan fingerprint density at radius 3 is 2.47 bits per heavy atom. The minimum atomic E-state index is -0.782. The second-order valence-corrected chi connectivity index (χ2v) is 5.89. The fraction of sp³-hybridized carbons (Fsp3) is 0.222. The quantitative estimate of drug-likeness (QED) is 0.356. The molecule has 0 fully saturated rings. The first kappa shape index (κ1) is 22.1. The summed E-state index contributed by atoms with van der Waals surface area (Å²) in [5, 5.41) is 35.6. The van der Waals surface area contributed by atoms with Gasteiger partial charge < -0.3 is 14.6 Å². The van der Waals surface area contributed by atoms with E-state index in [2.05, 4.69) is 10.5 Å². The maximum Gasteiger partial charge on any atom is 0.315 e. The van der Waals surface area contributed by atoms with Gasteiger partial charge in [-0.25, -0.2) is 5.43 Å². The van der Waals surface area contributed by atoms with Gasteiger partial charge in [-0.2, -0.15) is 5.10 Å². The topological polar surface area (TPSA) is 166 Å². The molecule has 0 spiro atoms. The van der Waals surface area contributed by atoms with Crippen LogP contribution in [-0.4, -0.2) is 40.3 Å². The molecule has 0 aliphatic heterocycles. The third-order valence-corrected chi connectivity index (χ3v) is 3.65. The SMILES string of the molecule is CCOc1cc(C=NNC(=O)COc2ccc(C)cc2[N+](=O)[O-])cc([N+](=O)[O-])c1O. The predicted octanol–water partition coefficient (Wildman–Crippen LogP) is 2.44. The highest BCUT2D eigenvalue weighted by atomic mass is 16.6. The van der Waals surface area contributed by atoms with E-state index < -0.39 is 33.8 Å². The van der Waals surface area contributed by atoms with Gasteiger partial charge in [0.05, 0.1) is 22.7 Å². The Kier molecular flexibility index (Phi) is 7.22. The number of ether oxygens (including phenoxy) is 2. The van der Waals surface area contributed by atoms with Crippen molar-refractivity contribution in [1.82, 2.24) is 5.43 Å². The Hall–Kier alpha value is -4.22. The maximum atomic E-state index is 11.9. The van der Waals surface area contributed by atoms with Crippen molar-refractivity contribution in [3.8, 4) is 17.2 Å². The summed E-state index contributed by atoms with van der Waals surface area (Å²) in [4.78, 5) is 32.5. The van der Waals surface area contributed by atoms with Crippen molar-refractivity contribution in [3.05, 3.63) is 61.7 Å². The van der Waals surface area contributed by atoms with Gasteiger partial charge in [0.1, 0.15) is 0 Å². The van der Waals surface area contributed by atoms with Gasteiger partial charge in [0.25, 0.3) is 5.91 Å². The summed E-state index contributed by atoms with van der Waals surface area (Å²) in [6.07, 6.45) is 1.11. The number of hydrogen-bond acceptors (Lipinski definition) is 9. The van der Waals surface area contributed by atoms with Gasteiger partial charge in [0.2, 0.25) is 5.75 Å². The largest absolute Gasteiger partial charge is 0.500 e. The Bertz CT molecular complexity index is 1010. The van der Waals surface area contributed by atoms with Gasteiger partial charge >= 0.3 is 11.4 Å². The number of phenols is 1. The number of carbonyl (C=O) groups excluding carboxylic acids is 1. The van der Waals surface area contributed by atoms with E-state index in [4.69, 9.17) is 9.47 Å². The number of nitrogens with one attached hydrogen (secondary N) is 1. The number of hydrogen-bond donors (Lipinski definition) is 2. The highest BCUT2D eigenvalue weighted by Gasteiger charge is 2.20. The van der Waals surface area contributed by atoms with Crippen LogP contribution in [0.5, 0.6) is 17.2 Å². The normalized spacial score (nSPS) is 10.6. The van der Waals surface area contributed by atoms with Crippen LogP contribution >= 0.6 is 0 Å². The Morgan fingerprint density at radius 2 is 1.83 bits per heavy atom. The second kappa shape index (κ2) is 9.82. The van der Waals surface area contributed by atoms with E-state index in [1.54, 1.807) is 19.9 Å². The molecule has 2 rings (SSSR count). The van der Waals surface area contributed by atoms with Gasteiger partial charge in [-0.05, 0) is 31.5 Å². The number of hydrazone groups is 1. The number of benzene rings is 2. The standard InChI is InChI=1S/C18H18N4O8/c1-3-29-16-8-12(7-14(18(16)24)22(27)28)9-19-20-17(23)10-30-15-5-4-11(2)6-13(15)21(25)26/h4-9,24H,3,10H2,1-2H3,(H,20,23). The lowest BCUT2D eigenvalue weighted by Crippen LogP contribution is -2.24. The van der Waals surface area contributed by atoms with Crippen LogP contribution in [0.3, 0.4) is 0 Å². The fourth-order valence-electron chi connectivity index (χ4n) is 2.34. The van der Waals surface area contributed by atoms with E-state index in [1.807, 2.05) is 0 Å². The van der Waals surface area contributed by atoms with Crippen LogP contribution in [0, 0.1) is 27.2 Å². The highest BCUT2D eigenvalue weighted by Crippen LogP contribution is 2.36. The highest BCUT2D eigenvalue weighted by molar-refractivity contribution is 5.85. The number of rotatable bonds is 9. The molecule has 0 aromatic heterocycles. The lowest BCUT2D eigenvalue weighted by atomic mass is 10.2. The molecule has 0 radical (unpaired) electrons. The Morgan fingerprint density at radius 1 is 1.13 bits per heavy atom. The number of amides is 1. The molecular formula is C18H18N4O8. The van der Waals surface area contributed by atoms with Crippen LogP contribution in [0.25, 0.3) is 0 Å². The Labute approximate surface area is 170 Å². The minimum Gasteiger partial charge on any atom is -0.500 e. The molecule has 2 aromatic carbocycles. The molecule has 12 heteroatoms. The molecule has 0 heterocycles. The number of aryl methyl sites for hydroxylation is 1. The molecule has 0 unspecified atom stereocenters. The first-order valence-electron chi connectivity index (χ1n) is 8.56. The smallest absolute Gasteiger partial charge is 0.315 e. The van der Waals surface area contributed by atoms with E-state index in [0.717, 1.165) is 12.3 Å². The van der Waals surface area contributed by atoms with Gasteiger partial charge in [0.15, 0.2) is 18.1 Å². The molecule has 30 heavy (non-hydrogen) atoms. The van der Waals surface area contributed by atoms with E-state index in [9.17, 15) is 30.1 Å². The molecule has 12 nitrogen and oxygen atoms in total. The third-order valence-electron chi connectivity index (χ3n) is 3.65. The number of aromatic hydroxyl groups is 1. The molecular weight excluding hydrogens is 400 g/mol. The minimum absolute atomic E-state index is 0.0692. The summed E-state index contributed by atoms with van der Waals surface area (Å²) in [6, 6.07) is 6.67. The Balaban J connectivity index is 2.05. The van der Waals surface area contributed by atoms with E-state index in [0.29, 0.717) is 5.56 Å². The first-order valence-corrected chi connectivity index (χ1v) is 8.56. The van der Waals surface area contributed by atoms with Crippen LogP contribution in [0.4, 0.5) is 11.4 Å². The maximum absolute atomic E-state index is 11.9. The van der Waals surface area contributed by atoms with Crippen molar-refractivity contribution in [2.75, 3.05) is 13.2 Å². The zero-order valence-corrected chi connectivity index (χ0v) is 16.0. The van der Waals surface area contributed by atoms with Crippen LogP contribution in [-0.2, 0) is 4.79 Å². The van der Waals surface area contributed by atoms with Gasteiger partial charge in [-0.3, -0.25) is 25.0 Å². The molecule has 2 aromatic rings. The first-order chi connectivity index (χ1) is 14.2. The zero-order valence-electron chi connectivity index (χ0n) is 16.0. The number of carbonyl (C=O) groups is 1. The molecule has 158 valence electrons. The van der Waals surface area contributed by atoms with Crippen molar-refractivity contribution in [3.63, 3.8) is 0 Å². The van der Waals surface area contributed by atoms with E-state index in [1.165, 1.54) is 18.2 Å². The summed E-state index contributed by atoms with van der Waals surface area (Å²) >= 11 is 0. The molecule has 2 N–H and O–H groups in total. The fourth-order valence-corrected chi connectivity index (χ4v) is 2.34. The summed E-state index contributed by atoms with van der Waals surface area (Å²) < 4.78 is 10.3. The lowest BCUT2D eigenvalue weighted by molar-refractivity contribution is -0.386. The molecule has 0 aliphatic rings. The molecule has 0 bridgehead atoms. The summed E-state index contributed by atoms with van der Waals surface area (Å²) in [6.45, 7) is 2.96. The number of nitrogens with zero attached hydrogens (tertiary/aromatic N) is 3. The number of phenolic OH excluding ortho intramolecular Hbond substituents is 1. The number of nitro benzene ring substituents is 2. The summed E-state index contributed by atoms with van der Waals surface area (Å²) in [5.41, 5.74) is 2.14. The van der Waals surface area contributed by atoms with E-state index >= 15 is 0 Å². The monoisotopic (exact) mass is 418 g/mol. The number of nitro groups is 2. The molecule has 0 atom stereocenters. The third kappa shape index (κ3) is 5.64. The van der Waals surface area contributed by atoms with Crippen molar-refractivity contribution in [2.45, 2.75) is 13.8 Å². The zero-order chi connectivity index (χ0) is 22.3. The van der Waals surface area contributed by atoms with Crippen molar-refractivity contribution >= 4 is 23.5 Å². The van der Waals surface area contributed by atoms with Gasteiger partial charge in [0, 0.05) is 17.7 Å². The van der Waals surface area contributed by atoms with Crippen molar-refractivity contribution in [2.24, 2.45) is 5.10 Å². The average Bonchev–Trinajstić information content (AvgIpc) is 2.69. The molecule has 0 aliphatic carbocycles. The predicted molar refractivity (Wildman–Crippen MR) is 105 cm³/mol. The van der Waals surface area contributed by atoms with Crippen LogP contribution in [0.1, 0.15) is 18.1 Å². The van der Waals surface area contributed by atoms with Gasteiger partial charge in [-0.1, -0.05) is 6.07 Å². The molecule has 0 saturated carbocycles. The summed E-state index contributed by atoms with van der Waals surface area (Å²) in [5.74, 6) is -1.50. The molecule has 1 amide bonds. The average molecular weight is 418 g/mol. The van der Waals surface area contributed by atoms with Crippen LogP contribution in [0.2, 0.25) is 0 Å². The van der Waals surface area contributed by atoms with Crippen LogP contribution in [0.15, 0.2) is 35.4 Å². The molecule has 0 saturated heterocycles. The van der Waals surface area contributed by atoms with Crippen molar-refractivity contribution in [1.29, 1.82) is 0 Å². The second-order valence-electron chi connectivity index (χ2n) is 5.89. The van der Waals surface area contributed by atoms with E-state index in [-0.39, 0.29) is 29.4 Å². The van der Waals surface area contributed by atoms with Crippen molar-refractivity contribution < 1.29 is 29.2 Å².